The van der Waals surface area contributed by atoms with Crippen LogP contribution in [0, 0.1) is 5.92 Å². The van der Waals surface area contributed by atoms with Crippen molar-refractivity contribution in [2.75, 3.05) is 13.7 Å². The molecule has 1 aromatic carbocycles. The fourth-order valence-electron chi connectivity index (χ4n) is 1.52. The summed E-state index contributed by atoms with van der Waals surface area (Å²) in [5.41, 5.74) is 0.150. The normalized spacial score (nSPS) is 12.8. The predicted molar refractivity (Wildman–Crippen MR) is 77.8 cm³/mol. The minimum absolute atomic E-state index is 0.131. The van der Waals surface area contributed by atoms with Crippen LogP contribution in [0.4, 0.5) is 0 Å². The second-order valence-corrected chi connectivity index (χ2v) is 7.09. The van der Waals surface area contributed by atoms with Gasteiger partial charge in [0.2, 0.25) is 0 Å². The number of rotatable bonds is 6. The molecule has 112 valence electrons. The van der Waals surface area contributed by atoms with E-state index in [2.05, 4.69) is 5.32 Å². The van der Waals surface area contributed by atoms with Gasteiger partial charge in [0.1, 0.15) is 5.75 Å². The van der Waals surface area contributed by atoms with Crippen molar-refractivity contribution in [1.29, 1.82) is 0 Å². The molecule has 0 fully saturated rings. The summed E-state index contributed by atoms with van der Waals surface area (Å²) in [7, 11) is 2.81. The monoisotopic (exact) mass is 319 g/mol. The molecule has 1 amide bonds. The summed E-state index contributed by atoms with van der Waals surface area (Å²) in [6.07, 6.45) is 0.938. The van der Waals surface area contributed by atoms with E-state index in [4.69, 9.17) is 15.4 Å². The highest BCUT2D eigenvalue weighted by atomic mass is 35.7. The lowest BCUT2D eigenvalue weighted by Crippen LogP contribution is -2.28. The highest BCUT2D eigenvalue weighted by Gasteiger charge is 2.18. The van der Waals surface area contributed by atoms with E-state index in [1.807, 2.05) is 13.8 Å². The molecular weight excluding hydrogens is 302 g/mol. The molecule has 0 saturated carbocycles. The van der Waals surface area contributed by atoms with Crippen molar-refractivity contribution in [2.45, 2.75) is 25.2 Å². The highest BCUT2D eigenvalue weighted by Crippen LogP contribution is 2.24. The van der Waals surface area contributed by atoms with E-state index in [0.29, 0.717) is 18.2 Å². The first kappa shape index (κ1) is 16.8. The molecule has 0 saturated heterocycles. The first-order chi connectivity index (χ1) is 9.29. The van der Waals surface area contributed by atoms with Crippen LogP contribution in [-0.4, -0.2) is 28.0 Å². The molecule has 0 aliphatic heterocycles. The van der Waals surface area contributed by atoms with Crippen molar-refractivity contribution >= 4 is 25.6 Å². The van der Waals surface area contributed by atoms with E-state index >= 15 is 0 Å². The van der Waals surface area contributed by atoms with E-state index in [0.717, 1.165) is 6.42 Å². The van der Waals surface area contributed by atoms with E-state index in [1.165, 1.54) is 25.3 Å². The van der Waals surface area contributed by atoms with Gasteiger partial charge in [-0.05, 0) is 24.1 Å². The molecule has 0 aliphatic carbocycles. The molecule has 0 bridgehead atoms. The summed E-state index contributed by atoms with van der Waals surface area (Å²) in [5, 5.41) is 2.75. The lowest BCUT2D eigenvalue weighted by molar-refractivity contribution is 0.0944. The van der Waals surface area contributed by atoms with Crippen molar-refractivity contribution in [3.8, 4) is 5.75 Å². The topological polar surface area (TPSA) is 72.5 Å². The third-order valence-electron chi connectivity index (χ3n) is 3.01. The number of methoxy groups -OCH3 is 1. The van der Waals surface area contributed by atoms with Gasteiger partial charge in [-0.1, -0.05) is 20.3 Å². The molecule has 1 rings (SSSR count). The van der Waals surface area contributed by atoms with Gasteiger partial charge in [0.05, 0.1) is 17.6 Å². The summed E-state index contributed by atoms with van der Waals surface area (Å²) in [6.45, 7) is 4.55. The zero-order chi connectivity index (χ0) is 15.3. The molecule has 0 heterocycles. The van der Waals surface area contributed by atoms with E-state index in [9.17, 15) is 13.2 Å². The Balaban J connectivity index is 3.05. The van der Waals surface area contributed by atoms with Gasteiger partial charge in [-0.3, -0.25) is 4.79 Å². The first-order valence-electron chi connectivity index (χ1n) is 6.20. The Hall–Kier alpha value is -1.27. The Morgan fingerprint density at radius 3 is 2.60 bits per heavy atom. The Morgan fingerprint density at radius 2 is 2.10 bits per heavy atom. The number of nitrogens with one attached hydrogen (secondary N) is 1. The number of ether oxygens (including phenoxy) is 1. The molecule has 1 N–H and O–H groups in total. The lowest BCUT2D eigenvalue weighted by atomic mass is 10.1. The molecule has 0 aromatic heterocycles. The molecule has 0 radical (unpaired) electrons. The molecular formula is C13H18ClNO4S. The fourth-order valence-corrected chi connectivity index (χ4v) is 2.30. The molecule has 1 unspecified atom stereocenters. The van der Waals surface area contributed by atoms with Crippen LogP contribution >= 0.6 is 10.7 Å². The van der Waals surface area contributed by atoms with Crippen molar-refractivity contribution < 1.29 is 17.9 Å². The van der Waals surface area contributed by atoms with Gasteiger partial charge in [0.25, 0.3) is 15.0 Å². The van der Waals surface area contributed by atoms with Gasteiger partial charge in [-0.2, -0.15) is 0 Å². The van der Waals surface area contributed by atoms with E-state index < -0.39 is 9.05 Å². The quantitative estimate of drug-likeness (QED) is 0.817. The van der Waals surface area contributed by atoms with E-state index in [-0.39, 0.29) is 16.4 Å². The van der Waals surface area contributed by atoms with Crippen LogP contribution in [0.3, 0.4) is 0 Å². The summed E-state index contributed by atoms with van der Waals surface area (Å²) in [5.74, 6) is 0.255. The van der Waals surface area contributed by atoms with Crippen LogP contribution in [0.25, 0.3) is 0 Å². The Labute approximate surface area is 123 Å². The van der Waals surface area contributed by atoms with Crippen molar-refractivity contribution in [3.63, 3.8) is 0 Å². The van der Waals surface area contributed by atoms with Crippen LogP contribution < -0.4 is 10.1 Å². The van der Waals surface area contributed by atoms with Crippen LogP contribution in [0.15, 0.2) is 23.1 Å². The number of benzene rings is 1. The number of carbonyl (C=O) groups excluding carboxylic acids is 1. The molecule has 5 nitrogen and oxygen atoms in total. The van der Waals surface area contributed by atoms with Gasteiger partial charge in [-0.25, -0.2) is 8.42 Å². The maximum absolute atomic E-state index is 12.1. The van der Waals surface area contributed by atoms with Gasteiger partial charge in [-0.15, -0.1) is 0 Å². The molecule has 7 heteroatoms. The Kier molecular flexibility index (Phi) is 5.83. The third kappa shape index (κ3) is 4.38. The zero-order valence-electron chi connectivity index (χ0n) is 11.6. The maximum atomic E-state index is 12.1. The van der Waals surface area contributed by atoms with Crippen LogP contribution in [0.2, 0.25) is 0 Å². The summed E-state index contributed by atoms with van der Waals surface area (Å²) < 4.78 is 27.7. The van der Waals surface area contributed by atoms with E-state index in [1.54, 1.807) is 0 Å². The summed E-state index contributed by atoms with van der Waals surface area (Å²) >= 11 is 0. The van der Waals surface area contributed by atoms with Gasteiger partial charge < -0.3 is 10.1 Å². The standard InChI is InChI=1S/C13H18ClNO4S/c1-4-9(2)8-15-13(16)11-7-10(20(14,17)18)5-6-12(11)19-3/h5-7,9H,4,8H2,1-3H3,(H,15,16). The summed E-state index contributed by atoms with van der Waals surface area (Å²) in [6, 6.07) is 3.92. The smallest absolute Gasteiger partial charge is 0.261 e. The minimum Gasteiger partial charge on any atom is -0.496 e. The largest absolute Gasteiger partial charge is 0.496 e. The van der Waals surface area contributed by atoms with Gasteiger partial charge >= 0.3 is 0 Å². The Bertz CT molecular complexity index is 586. The van der Waals surface area contributed by atoms with Gasteiger partial charge in [0, 0.05) is 17.2 Å². The molecule has 0 spiro atoms. The highest BCUT2D eigenvalue weighted by molar-refractivity contribution is 8.13. The fraction of sp³-hybridized carbons (Fsp3) is 0.462. The second kappa shape index (κ2) is 6.95. The maximum Gasteiger partial charge on any atom is 0.261 e. The molecule has 0 aliphatic rings. The number of amides is 1. The second-order valence-electron chi connectivity index (χ2n) is 4.52. The lowest BCUT2D eigenvalue weighted by Gasteiger charge is -2.13. The number of halogens is 1. The number of hydrogen-bond donors (Lipinski definition) is 1. The van der Waals surface area contributed by atoms with Crippen LogP contribution in [-0.2, 0) is 9.05 Å². The predicted octanol–water partition coefficient (Wildman–Crippen LogP) is 2.40. The van der Waals surface area contributed by atoms with Crippen molar-refractivity contribution in [2.24, 2.45) is 5.92 Å². The number of hydrogen-bond acceptors (Lipinski definition) is 4. The van der Waals surface area contributed by atoms with Gasteiger partial charge in [0.15, 0.2) is 0 Å². The minimum atomic E-state index is -3.88. The Morgan fingerprint density at radius 1 is 1.45 bits per heavy atom. The van der Waals surface area contributed by atoms with Crippen LogP contribution in [0.1, 0.15) is 30.6 Å². The van der Waals surface area contributed by atoms with Crippen molar-refractivity contribution in [1.82, 2.24) is 5.32 Å². The average molecular weight is 320 g/mol. The zero-order valence-corrected chi connectivity index (χ0v) is 13.2. The SMILES string of the molecule is CCC(C)CNC(=O)c1cc(S(=O)(=O)Cl)ccc1OC. The molecule has 1 aromatic rings. The summed E-state index contributed by atoms with van der Waals surface area (Å²) in [4.78, 5) is 12.0. The average Bonchev–Trinajstić information content (AvgIpc) is 2.42. The van der Waals surface area contributed by atoms with Crippen LogP contribution in [0.5, 0.6) is 5.75 Å². The first-order valence-corrected chi connectivity index (χ1v) is 8.51. The third-order valence-corrected chi connectivity index (χ3v) is 4.36. The number of carbonyl (C=O) groups is 1. The molecule has 1 atom stereocenters. The molecule has 20 heavy (non-hydrogen) atoms. The van der Waals surface area contributed by atoms with Crippen molar-refractivity contribution in [3.05, 3.63) is 23.8 Å².